The third-order valence-electron chi connectivity index (χ3n) is 17.5. The molecule has 0 bridgehead atoms. The second-order valence-electron chi connectivity index (χ2n) is 22.5. The number of amides is 2. The third kappa shape index (κ3) is 9.20. The standard InChI is InChI=1S/C55H70ClFN8O7S/c1-7-73(68,69)37-18-19-42(39(29-37)40-31-62(6)48(66)47-38(40)20-21-59-47)72-44-15-11-14-43(46(44)57)70-27-26-63-22-24-64(25-23-63)52-60-33-55(35-12-9-8-10-13-35)45(61-52)32-65(51(55)67)49-53(2,3)50(54(49,4)5)71-36-17-16-34(30-58)41(56)28-36/h11,14-19,28-29,31,35,38,45,47,49-50,52,59-61H,7-10,12-13,20-27,32-33H2,1-6H3. The second kappa shape index (κ2) is 20.0. The van der Waals surface area contributed by atoms with Crippen LogP contribution in [-0.4, -0.2) is 142 Å². The van der Waals surface area contributed by atoms with Crippen LogP contribution in [0.1, 0.15) is 84.3 Å². The molecule has 18 heteroatoms. The number of nitrogens with zero attached hydrogens (tertiary/aromatic N) is 5. The molecule has 2 amide bonds. The Bertz CT molecular complexity index is 2790. The fourth-order valence-corrected chi connectivity index (χ4v) is 15.2. The average Bonchev–Trinajstić information content (AvgIpc) is 3.99. The number of sulfone groups is 1. The van der Waals surface area contributed by atoms with Crippen molar-refractivity contribution in [1.29, 1.82) is 5.26 Å². The number of piperazine rings is 1. The van der Waals surface area contributed by atoms with Crippen molar-refractivity contribution in [3.05, 3.63) is 82.8 Å². The van der Waals surface area contributed by atoms with E-state index < -0.39 is 27.1 Å². The molecule has 3 aromatic rings. The lowest BCUT2D eigenvalue weighted by molar-refractivity contribution is -0.209. The van der Waals surface area contributed by atoms with E-state index in [0.717, 1.165) is 57.4 Å². The Balaban J connectivity index is 0.773. The number of carbonyl (C=O) groups is 2. The number of likely N-dealkylation sites (N-methyl/N-ethyl adjacent to an activating group) is 1. The second-order valence-corrected chi connectivity index (χ2v) is 25.1. The lowest BCUT2D eigenvalue weighted by Crippen LogP contribution is -2.75. The minimum atomic E-state index is -3.58. The summed E-state index contributed by atoms with van der Waals surface area (Å²) < 4.78 is 61.4. The van der Waals surface area contributed by atoms with E-state index in [1.807, 2.05) is 0 Å². The van der Waals surface area contributed by atoms with E-state index in [4.69, 9.17) is 25.8 Å². The number of likely N-dealkylation sites (tertiary alicyclic amines) is 1. The smallest absolute Gasteiger partial charge is 0.244 e. The van der Waals surface area contributed by atoms with Crippen LogP contribution < -0.4 is 30.2 Å². The van der Waals surface area contributed by atoms with Crippen LogP contribution in [0, 0.1) is 45.2 Å². The van der Waals surface area contributed by atoms with Gasteiger partial charge < -0.3 is 29.3 Å². The van der Waals surface area contributed by atoms with Gasteiger partial charge in [0.25, 0.3) is 0 Å². The van der Waals surface area contributed by atoms with E-state index in [-0.39, 0.29) is 87.5 Å². The molecule has 392 valence electrons. The van der Waals surface area contributed by atoms with Crippen LogP contribution in [0.5, 0.6) is 23.0 Å². The number of nitrogens with one attached hydrogen (secondary N) is 3. The molecule has 0 spiro atoms. The van der Waals surface area contributed by atoms with Gasteiger partial charge in [0.15, 0.2) is 21.3 Å². The summed E-state index contributed by atoms with van der Waals surface area (Å²) in [6.07, 6.45) is 7.73. The molecule has 15 nitrogen and oxygen atoms in total. The molecular weight excluding hydrogens is 971 g/mol. The molecule has 2 saturated carbocycles. The van der Waals surface area contributed by atoms with Gasteiger partial charge in [-0.1, -0.05) is 71.5 Å². The number of nitriles is 1. The number of carbonyl (C=O) groups excluding carboxylic acids is 2. The third-order valence-corrected chi connectivity index (χ3v) is 19.5. The lowest BCUT2D eigenvalue weighted by atomic mass is 9.48. The Morgan fingerprint density at radius 2 is 1.66 bits per heavy atom. The molecule has 3 aromatic carbocycles. The first-order chi connectivity index (χ1) is 34.9. The zero-order valence-corrected chi connectivity index (χ0v) is 44.5. The summed E-state index contributed by atoms with van der Waals surface area (Å²) in [7, 11) is -1.91. The Morgan fingerprint density at radius 1 is 0.918 bits per heavy atom. The first-order valence-electron chi connectivity index (χ1n) is 26.2. The van der Waals surface area contributed by atoms with E-state index in [1.54, 1.807) is 62.6 Å². The largest absolute Gasteiger partial charge is 0.489 e. The minimum absolute atomic E-state index is 0.0175. The molecule has 0 aromatic heterocycles. The van der Waals surface area contributed by atoms with E-state index in [1.165, 1.54) is 23.5 Å². The SMILES string of the molecule is CCS(=O)(=O)c1ccc(Oc2cccc(OCCN3CCN(C4NCC5(C6CCCCC6)C(=O)N(C6C(C)(C)C(Oc7ccc(C#N)c(Cl)c7)C6(C)C)CC5N4)CC3)c2F)c(C2=CN(C)C(=O)C3NCCC23)c1. The minimum Gasteiger partial charge on any atom is -0.489 e. The van der Waals surface area contributed by atoms with Crippen molar-refractivity contribution in [2.24, 2.45) is 28.1 Å². The van der Waals surface area contributed by atoms with Crippen molar-refractivity contribution in [3.63, 3.8) is 0 Å². The fourth-order valence-electron chi connectivity index (χ4n) is 14.1. The van der Waals surface area contributed by atoms with Gasteiger partial charge in [0.05, 0.1) is 32.7 Å². The van der Waals surface area contributed by atoms with Crippen molar-refractivity contribution in [2.75, 3.05) is 71.8 Å². The molecule has 3 N–H and O–H groups in total. The van der Waals surface area contributed by atoms with Crippen molar-refractivity contribution in [3.8, 4) is 29.1 Å². The highest BCUT2D eigenvalue weighted by molar-refractivity contribution is 7.91. The predicted octanol–water partition coefficient (Wildman–Crippen LogP) is 6.86. The van der Waals surface area contributed by atoms with Crippen molar-refractivity contribution in [1.82, 2.24) is 35.6 Å². The number of fused-ring (bicyclic) bond motifs is 2. The molecule has 5 unspecified atom stereocenters. The van der Waals surface area contributed by atoms with Gasteiger partial charge in [-0.3, -0.25) is 30.0 Å². The van der Waals surface area contributed by atoms with Crippen molar-refractivity contribution < 1.29 is 36.6 Å². The number of benzene rings is 3. The topological polar surface area (TPSA) is 169 Å². The Hall–Kier alpha value is -4.80. The zero-order chi connectivity index (χ0) is 51.6. The first kappa shape index (κ1) is 51.7. The van der Waals surface area contributed by atoms with Gasteiger partial charge in [-0.15, -0.1) is 0 Å². The molecule has 10 rings (SSSR count). The van der Waals surface area contributed by atoms with E-state index in [9.17, 15) is 18.5 Å². The molecule has 5 aliphatic heterocycles. The molecule has 7 aliphatic rings. The van der Waals surface area contributed by atoms with Crippen LogP contribution in [-0.2, 0) is 19.4 Å². The highest BCUT2D eigenvalue weighted by Gasteiger charge is 2.71. The van der Waals surface area contributed by atoms with Gasteiger partial charge >= 0.3 is 0 Å². The van der Waals surface area contributed by atoms with Gasteiger partial charge in [0.1, 0.15) is 36.6 Å². The number of ether oxygens (including phenoxy) is 3. The van der Waals surface area contributed by atoms with Crippen LogP contribution >= 0.6 is 11.6 Å². The first-order valence-corrected chi connectivity index (χ1v) is 28.2. The maximum absolute atomic E-state index is 16.3. The fraction of sp³-hybridized carbons (Fsp3) is 0.582. The Morgan fingerprint density at radius 3 is 2.37 bits per heavy atom. The van der Waals surface area contributed by atoms with Crippen LogP contribution in [0.4, 0.5) is 4.39 Å². The summed E-state index contributed by atoms with van der Waals surface area (Å²) in [6.45, 7) is 16.3. The van der Waals surface area contributed by atoms with Gasteiger partial charge in [-0.05, 0) is 79.8 Å². The summed E-state index contributed by atoms with van der Waals surface area (Å²) in [5.41, 5.74) is 0.390. The molecule has 6 fully saturated rings. The molecule has 0 radical (unpaired) electrons. The van der Waals surface area contributed by atoms with Crippen LogP contribution in [0.2, 0.25) is 5.02 Å². The molecule has 4 saturated heterocycles. The summed E-state index contributed by atoms with van der Waals surface area (Å²) in [4.78, 5) is 36.8. The summed E-state index contributed by atoms with van der Waals surface area (Å²) in [6, 6.07) is 16.2. The molecular formula is C55H70ClFN8O7S. The van der Waals surface area contributed by atoms with Gasteiger partial charge in [-0.25, -0.2) is 8.42 Å². The maximum Gasteiger partial charge on any atom is 0.244 e. The maximum atomic E-state index is 16.3. The van der Waals surface area contributed by atoms with Gasteiger partial charge in [-0.2, -0.15) is 9.65 Å². The van der Waals surface area contributed by atoms with E-state index >= 15 is 9.18 Å². The molecule has 73 heavy (non-hydrogen) atoms. The van der Waals surface area contributed by atoms with Gasteiger partial charge in [0, 0.05) is 99.5 Å². The normalized spacial score (nSPS) is 29.5. The predicted molar refractivity (Wildman–Crippen MR) is 276 cm³/mol. The number of hydrogen-bond donors (Lipinski definition) is 3. The van der Waals surface area contributed by atoms with E-state index in [0.29, 0.717) is 60.4 Å². The van der Waals surface area contributed by atoms with Crippen molar-refractivity contribution in [2.45, 2.75) is 109 Å². The highest BCUT2D eigenvalue weighted by Crippen LogP contribution is 2.61. The summed E-state index contributed by atoms with van der Waals surface area (Å²) in [5, 5.41) is 20.9. The average molecular weight is 1040 g/mol. The van der Waals surface area contributed by atoms with Crippen LogP contribution in [0.15, 0.2) is 65.7 Å². The quantitative estimate of drug-likeness (QED) is 0.153. The number of hydrogen-bond acceptors (Lipinski definition) is 13. The van der Waals surface area contributed by atoms with Gasteiger partial charge in [0.2, 0.25) is 17.6 Å². The van der Waals surface area contributed by atoms with Crippen molar-refractivity contribution >= 4 is 38.8 Å². The number of halogens is 2. The number of rotatable bonds is 14. The summed E-state index contributed by atoms with van der Waals surface area (Å²) >= 11 is 6.41. The van der Waals surface area contributed by atoms with E-state index in [2.05, 4.69) is 64.4 Å². The molecule has 2 aliphatic carbocycles. The van der Waals surface area contributed by atoms with Crippen LogP contribution in [0.3, 0.4) is 0 Å². The Kier molecular flexibility index (Phi) is 14.2. The molecule has 5 heterocycles. The Labute approximate surface area is 434 Å². The van der Waals surface area contributed by atoms with Crippen LogP contribution in [0.25, 0.3) is 5.57 Å². The zero-order valence-electron chi connectivity index (χ0n) is 42.9. The lowest BCUT2D eigenvalue weighted by Gasteiger charge is -2.65. The highest BCUT2D eigenvalue weighted by atomic mass is 35.5. The molecule has 5 atom stereocenters. The summed E-state index contributed by atoms with van der Waals surface area (Å²) in [5.74, 6) is 0.417. The monoisotopic (exact) mass is 1040 g/mol.